The first-order chi connectivity index (χ1) is 15.2. The summed E-state index contributed by atoms with van der Waals surface area (Å²) in [5, 5.41) is 13.1. The number of morpholine rings is 1. The molecule has 11 nitrogen and oxygen atoms in total. The normalized spacial score (nSPS) is 14.7. The molecule has 0 bridgehead atoms. The first-order valence-corrected chi connectivity index (χ1v) is 11.9. The van der Waals surface area contributed by atoms with E-state index in [9.17, 15) is 28.1 Å². The highest BCUT2D eigenvalue weighted by Crippen LogP contribution is 2.27. The molecule has 14 heteroatoms. The van der Waals surface area contributed by atoms with Crippen molar-refractivity contribution in [3.8, 4) is 0 Å². The summed E-state index contributed by atoms with van der Waals surface area (Å²) >= 11 is 6.86. The Labute approximate surface area is 192 Å². The van der Waals surface area contributed by atoms with Crippen molar-refractivity contribution >= 4 is 56.2 Å². The second kappa shape index (κ2) is 10.4. The number of sulfonamides is 1. The number of hydrogen-bond donors (Lipinski definition) is 1. The van der Waals surface area contributed by atoms with Crippen molar-refractivity contribution in [3.63, 3.8) is 0 Å². The third-order valence-electron chi connectivity index (χ3n) is 4.32. The molecule has 0 aliphatic carbocycles. The van der Waals surface area contributed by atoms with Gasteiger partial charge in [0.05, 0.1) is 35.3 Å². The van der Waals surface area contributed by atoms with E-state index in [2.05, 4.69) is 5.32 Å². The van der Waals surface area contributed by atoms with Gasteiger partial charge in [-0.3, -0.25) is 19.7 Å². The lowest BCUT2D eigenvalue weighted by molar-refractivity contribution is -0.384. The molecule has 0 radical (unpaired) electrons. The number of carbonyl (C=O) groups is 2. The van der Waals surface area contributed by atoms with Crippen molar-refractivity contribution in [2.24, 2.45) is 0 Å². The number of non-ortho nitro benzene ring substituents is 1. The highest BCUT2D eigenvalue weighted by atomic mass is 35.5. The second-order valence-corrected chi connectivity index (χ2v) is 10.3. The third kappa shape index (κ3) is 6.01. The predicted octanol–water partition coefficient (Wildman–Crippen LogP) is 2.05. The Hall–Kier alpha value is -2.58. The number of rotatable bonds is 8. The largest absolute Gasteiger partial charge is 0.455 e. The first-order valence-electron chi connectivity index (χ1n) is 9.23. The van der Waals surface area contributed by atoms with E-state index in [-0.39, 0.29) is 40.1 Å². The molecule has 1 aromatic heterocycles. The van der Waals surface area contributed by atoms with Crippen LogP contribution in [0.5, 0.6) is 0 Å². The zero-order valence-corrected chi connectivity index (χ0v) is 18.9. The van der Waals surface area contributed by atoms with Crippen molar-refractivity contribution in [1.29, 1.82) is 0 Å². The van der Waals surface area contributed by atoms with Gasteiger partial charge in [0.2, 0.25) is 0 Å². The number of benzene rings is 1. The molecule has 1 aromatic carbocycles. The van der Waals surface area contributed by atoms with Gasteiger partial charge < -0.3 is 14.8 Å². The molecule has 172 valence electrons. The number of nitro groups is 1. The van der Waals surface area contributed by atoms with Gasteiger partial charge in [-0.15, -0.1) is 11.3 Å². The highest BCUT2D eigenvalue weighted by molar-refractivity contribution is 7.91. The quantitative estimate of drug-likeness (QED) is 0.327. The number of nitrogens with zero attached hydrogens (tertiary/aromatic N) is 2. The predicted molar refractivity (Wildman–Crippen MR) is 115 cm³/mol. The molecule has 1 aliphatic heterocycles. The Morgan fingerprint density at radius 1 is 1.25 bits per heavy atom. The van der Waals surface area contributed by atoms with Gasteiger partial charge in [0.25, 0.3) is 21.6 Å². The van der Waals surface area contributed by atoms with E-state index in [4.69, 9.17) is 21.1 Å². The zero-order valence-electron chi connectivity index (χ0n) is 16.5. The van der Waals surface area contributed by atoms with Crippen molar-refractivity contribution < 1.29 is 32.4 Å². The van der Waals surface area contributed by atoms with Crippen LogP contribution in [0.4, 0.5) is 11.4 Å². The number of carbonyl (C=O) groups excluding carboxylic acids is 2. The van der Waals surface area contributed by atoms with Crippen molar-refractivity contribution in [2.75, 3.05) is 38.2 Å². The van der Waals surface area contributed by atoms with Gasteiger partial charge >= 0.3 is 5.97 Å². The molecule has 32 heavy (non-hydrogen) atoms. The van der Waals surface area contributed by atoms with Crippen LogP contribution in [0.2, 0.25) is 5.02 Å². The van der Waals surface area contributed by atoms with Crippen LogP contribution in [0.1, 0.15) is 4.88 Å². The first kappa shape index (κ1) is 24.1. The van der Waals surface area contributed by atoms with Gasteiger partial charge in [0, 0.05) is 30.1 Å². The number of nitro benzene ring substituents is 1. The van der Waals surface area contributed by atoms with E-state index in [0.717, 1.165) is 17.4 Å². The standard InChI is InChI=1S/C18H18ClN3O8S2/c19-14-9-12(22(25)26)1-3-15(14)20-16(23)11-30-17(24)10-13-2-4-18(31-13)32(27,28)21-5-7-29-8-6-21/h1-4,9H,5-8,10-11H2,(H,20,23). The Balaban J connectivity index is 1.51. The summed E-state index contributed by atoms with van der Waals surface area (Å²) in [4.78, 5) is 34.6. The van der Waals surface area contributed by atoms with E-state index in [1.807, 2.05) is 0 Å². The molecule has 0 unspecified atom stereocenters. The molecule has 2 aromatic rings. The summed E-state index contributed by atoms with van der Waals surface area (Å²) in [7, 11) is -3.65. The van der Waals surface area contributed by atoms with Crippen LogP contribution in [0, 0.1) is 10.1 Å². The number of ether oxygens (including phenoxy) is 2. The maximum atomic E-state index is 12.6. The van der Waals surface area contributed by atoms with Crippen LogP contribution in [-0.2, 0) is 35.5 Å². The Morgan fingerprint density at radius 3 is 2.62 bits per heavy atom. The van der Waals surface area contributed by atoms with Gasteiger partial charge in [0.1, 0.15) is 4.21 Å². The minimum atomic E-state index is -3.65. The van der Waals surface area contributed by atoms with Gasteiger partial charge in [0.15, 0.2) is 6.61 Å². The van der Waals surface area contributed by atoms with Crippen molar-refractivity contribution in [1.82, 2.24) is 4.31 Å². The summed E-state index contributed by atoms with van der Waals surface area (Å²) in [6.07, 6.45) is -0.200. The van der Waals surface area contributed by atoms with E-state index < -0.39 is 33.4 Å². The molecule has 1 saturated heterocycles. The van der Waals surface area contributed by atoms with E-state index in [1.165, 1.54) is 28.6 Å². The fraction of sp³-hybridized carbons (Fsp3) is 0.333. The maximum Gasteiger partial charge on any atom is 0.311 e. The number of esters is 1. The van der Waals surface area contributed by atoms with Gasteiger partial charge in [-0.2, -0.15) is 4.31 Å². The average Bonchev–Trinajstić information content (AvgIpc) is 3.23. The smallest absolute Gasteiger partial charge is 0.311 e. The summed E-state index contributed by atoms with van der Waals surface area (Å²) in [5.74, 6) is -1.40. The molecule has 1 amide bonds. The molecule has 1 aliphatic rings. The van der Waals surface area contributed by atoms with Crippen LogP contribution < -0.4 is 5.32 Å². The lowest BCUT2D eigenvalue weighted by Gasteiger charge is -2.25. The van der Waals surface area contributed by atoms with Crippen LogP contribution >= 0.6 is 22.9 Å². The zero-order chi connectivity index (χ0) is 23.3. The van der Waals surface area contributed by atoms with Crippen LogP contribution in [0.25, 0.3) is 0 Å². The van der Waals surface area contributed by atoms with E-state index in [0.29, 0.717) is 18.1 Å². The molecule has 1 N–H and O–H groups in total. The second-order valence-electron chi connectivity index (χ2n) is 6.54. The van der Waals surface area contributed by atoms with Crippen molar-refractivity contribution in [2.45, 2.75) is 10.6 Å². The molecule has 3 rings (SSSR count). The molecule has 0 atom stereocenters. The Morgan fingerprint density at radius 2 is 1.97 bits per heavy atom. The molecule has 0 saturated carbocycles. The highest BCUT2D eigenvalue weighted by Gasteiger charge is 2.28. The van der Waals surface area contributed by atoms with Crippen LogP contribution in [-0.4, -0.2) is 62.4 Å². The molecule has 1 fully saturated rings. The Kier molecular flexibility index (Phi) is 7.79. The SMILES string of the molecule is O=C(COC(=O)Cc1ccc(S(=O)(=O)N2CCOCC2)s1)Nc1ccc([N+](=O)[O-])cc1Cl. The summed E-state index contributed by atoms with van der Waals surface area (Å²) in [6, 6.07) is 6.48. The number of halogens is 1. The lowest BCUT2D eigenvalue weighted by Crippen LogP contribution is -2.40. The molecule has 2 heterocycles. The number of thiophene rings is 1. The van der Waals surface area contributed by atoms with Gasteiger partial charge in [-0.1, -0.05) is 11.6 Å². The van der Waals surface area contributed by atoms with Gasteiger partial charge in [-0.25, -0.2) is 8.42 Å². The van der Waals surface area contributed by atoms with Crippen LogP contribution in [0.3, 0.4) is 0 Å². The summed E-state index contributed by atoms with van der Waals surface area (Å²) < 4.78 is 36.8. The molecular formula is C18H18ClN3O8S2. The number of amides is 1. The number of hydrogen-bond acceptors (Lipinski definition) is 9. The molecular weight excluding hydrogens is 486 g/mol. The summed E-state index contributed by atoms with van der Waals surface area (Å²) in [6.45, 7) is 0.599. The Bertz CT molecular complexity index is 1130. The monoisotopic (exact) mass is 503 g/mol. The van der Waals surface area contributed by atoms with E-state index >= 15 is 0 Å². The van der Waals surface area contributed by atoms with Gasteiger partial charge in [-0.05, 0) is 18.2 Å². The third-order valence-corrected chi connectivity index (χ3v) is 8.09. The number of nitrogens with one attached hydrogen (secondary N) is 1. The minimum absolute atomic E-state index is 0.0357. The topological polar surface area (TPSA) is 145 Å². The van der Waals surface area contributed by atoms with E-state index in [1.54, 1.807) is 0 Å². The van der Waals surface area contributed by atoms with Crippen LogP contribution in [0.15, 0.2) is 34.5 Å². The fourth-order valence-electron chi connectivity index (χ4n) is 2.75. The molecule has 0 spiro atoms. The van der Waals surface area contributed by atoms with Crippen molar-refractivity contribution in [3.05, 3.63) is 50.3 Å². The fourth-order valence-corrected chi connectivity index (χ4v) is 5.88. The number of anilines is 1. The summed E-state index contributed by atoms with van der Waals surface area (Å²) in [5.41, 5.74) is -0.0973. The lowest BCUT2D eigenvalue weighted by atomic mass is 10.3. The maximum absolute atomic E-state index is 12.6. The average molecular weight is 504 g/mol. The minimum Gasteiger partial charge on any atom is -0.455 e.